The van der Waals surface area contributed by atoms with Gasteiger partial charge in [0, 0.05) is 24.3 Å². The number of amides is 1. The molecule has 2 aromatic carbocycles. The fourth-order valence-corrected chi connectivity index (χ4v) is 2.64. The third-order valence-corrected chi connectivity index (χ3v) is 4.14. The third-order valence-electron chi connectivity index (χ3n) is 4.14. The van der Waals surface area contributed by atoms with Crippen LogP contribution in [0.2, 0.25) is 0 Å². The molecule has 0 aliphatic heterocycles. The monoisotopic (exact) mass is 382 g/mol. The lowest BCUT2D eigenvalue weighted by molar-refractivity contribution is 0.0684. The van der Waals surface area contributed by atoms with Crippen LogP contribution in [0.1, 0.15) is 29.9 Å². The molecule has 3 aromatic rings. The maximum atomic E-state index is 13.3. The Kier molecular flexibility index (Phi) is 5.93. The number of rotatable bonds is 6. The number of carbonyl (C=O) groups excluding carboxylic acids is 1. The summed E-state index contributed by atoms with van der Waals surface area (Å²) in [5.74, 6) is -1.80. The van der Waals surface area contributed by atoms with E-state index in [-0.39, 0.29) is 17.6 Å². The number of aromatic nitrogens is 2. The zero-order valence-electron chi connectivity index (χ0n) is 15.6. The van der Waals surface area contributed by atoms with E-state index in [9.17, 15) is 13.6 Å². The van der Waals surface area contributed by atoms with Gasteiger partial charge < -0.3 is 10.2 Å². The Bertz CT molecular complexity index is 946. The number of nitrogens with zero attached hydrogens (tertiary/aromatic N) is 3. The second-order valence-electron chi connectivity index (χ2n) is 6.55. The number of hydrogen-bond acceptors (Lipinski definition) is 4. The largest absolute Gasteiger partial charge is 0.339 e. The molecule has 0 aliphatic rings. The molecule has 1 N–H and O–H groups in total. The van der Waals surface area contributed by atoms with E-state index in [0.717, 1.165) is 17.7 Å². The zero-order valence-corrected chi connectivity index (χ0v) is 15.6. The predicted molar refractivity (Wildman–Crippen MR) is 103 cm³/mol. The van der Waals surface area contributed by atoms with Gasteiger partial charge in [0.25, 0.3) is 5.91 Å². The molecule has 3 rings (SSSR count). The number of benzene rings is 2. The molecule has 0 fully saturated rings. The number of hydrogen-bond donors (Lipinski definition) is 1. The van der Waals surface area contributed by atoms with E-state index in [0.29, 0.717) is 18.1 Å². The number of halogens is 2. The van der Waals surface area contributed by atoms with Gasteiger partial charge in [-0.1, -0.05) is 30.3 Å². The van der Waals surface area contributed by atoms with Crippen molar-refractivity contribution in [2.24, 2.45) is 0 Å². The fraction of sp³-hybridized carbons (Fsp3) is 0.190. The fourth-order valence-electron chi connectivity index (χ4n) is 2.64. The van der Waals surface area contributed by atoms with Gasteiger partial charge in [0.1, 0.15) is 11.5 Å². The molecule has 0 unspecified atom stereocenters. The number of nitrogens with one attached hydrogen (secondary N) is 1. The van der Waals surface area contributed by atoms with E-state index in [4.69, 9.17) is 0 Å². The summed E-state index contributed by atoms with van der Waals surface area (Å²) >= 11 is 0. The molecule has 5 nitrogen and oxygen atoms in total. The second kappa shape index (κ2) is 8.56. The van der Waals surface area contributed by atoms with E-state index in [1.54, 1.807) is 4.90 Å². The van der Waals surface area contributed by atoms with Crippen LogP contribution in [-0.4, -0.2) is 26.8 Å². The Morgan fingerprint density at radius 1 is 1.04 bits per heavy atom. The average Bonchev–Trinajstić information content (AvgIpc) is 2.69. The summed E-state index contributed by atoms with van der Waals surface area (Å²) < 4.78 is 26.3. The standard InChI is InChI=1S/C21H20F2N4O/c1-14(2)27(13-15-6-4-3-5-7-15)21(28)19-11-25-20(12-24-19)26-16-8-9-17(22)18(23)10-16/h3-12,14H,13H2,1-2H3,(H,25,26). The van der Waals surface area contributed by atoms with Crippen molar-refractivity contribution < 1.29 is 13.6 Å². The van der Waals surface area contributed by atoms with Crippen LogP contribution in [0.15, 0.2) is 60.9 Å². The van der Waals surface area contributed by atoms with E-state index in [2.05, 4.69) is 15.3 Å². The lowest BCUT2D eigenvalue weighted by atomic mass is 10.2. The smallest absolute Gasteiger partial charge is 0.274 e. The van der Waals surface area contributed by atoms with Gasteiger partial charge in [-0.3, -0.25) is 4.79 Å². The molecule has 0 saturated carbocycles. The molecule has 0 saturated heterocycles. The van der Waals surface area contributed by atoms with Crippen LogP contribution >= 0.6 is 0 Å². The minimum atomic E-state index is -0.960. The van der Waals surface area contributed by atoms with E-state index in [1.165, 1.54) is 18.5 Å². The third kappa shape index (κ3) is 4.68. The molecular formula is C21H20F2N4O. The summed E-state index contributed by atoms with van der Waals surface area (Å²) in [5, 5.41) is 2.82. The van der Waals surface area contributed by atoms with Gasteiger partial charge in [-0.2, -0.15) is 0 Å². The van der Waals surface area contributed by atoms with Crippen molar-refractivity contribution >= 4 is 17.4 Å². The molecule has 7 heteroatoms. The van der Waals surface area contributed by atoms with Crippen molar-refractivity contribution in [1.29, 1.82) is 0 Å². The minimum Gasteiger partial charge on any atom is -0.339 e. The first-order valence-corrected chi connectivity index (χ1v) is 8.83. The van der Waals surface area contributed by atoms with Crippen molar-refractivity contribution in [2.45, 2.75) is 26.4 Å². The number of carbonyl (C=O) groups is 1. The Balaban J connectivity index is 1.73. The highest BCUT2D eigenvalue weighted by molar-refractivity contribution is 5.92. The summed E-state index contributed by atoms with van der Waals surface area (Å²) in [7, 11) is 0. The predicted octanol–water partition coefficient (Wildman–Crippen LogP) is 4.55. The maximum absolute atomic E-state index is 13.3. The van der Waals surface area contributed by atoms with Gasteiger partial charge in [-0.15, -0.1) is 0 Å². The molecule has 28 heavy (non-hydrogen) atoms. The summed E-state index contributed by atoms with van der Waals surface area (Å²) in [6.45, 7) is 4.34. The zero-order chi connectivity index (χ0) is 20.1. The van der Waals surface area contributed by atoms with Crippen molar-refractivity contribution in [1.82, 2.24) is 14.9 Å². The lowest BCUT2D eigenvalue weighted by Gasteiger charge is -2.26. The Morgan fingerprint density at radius 2 is 1.79 bits per heavy atom. The summed E-state index contributed by atoms with van der Waals surface area (Å²) in [6, 6.07) is 13.1. The van der Waals surface area contributed by atoms with Crippen LogP contribution in [0.3, 0.4) is 0 Å². The second-order valence-corrected chi connectivity index (χ2v) is 6.55. The Hall–Kier alpha value is -3.35. The summed E-state index contributed by atoms with van der Waals surface area (Å²) in [4.78, 5) is 22.9. The quantitative estimate of drug-likeness (QED) is 0.680. The molecule has 144 valence electrons. The van der Waals surface area contributed by atoms with Crippen LogP contribution in [-0.2, 0) is 6.54 Å². The number of anilines is 2. The highest BCUT2D eigenvalue weighted by Gasteiger charge is 2.20. The van der Waals surface area contributed by atoms with E-state index >= 15 is 0 Å². The molecule has 1 amide bonds. The van der Waals surface area contributed by atoms with E-state index < -0.39 is 11.6 Å². The Morgan fingerprint density at radius 3 is 2.39 bits per heavy atom. The van der Waals surface area contributed by atoms with Gasteiger partial charge in [0.15, 0.2) is 11.6 Å². The molecule has 1 aromatic heterocycles. The van der Waals surface area contributed by atoms with Gasteiger partial charge >= 0.3 is 0 Å². The van der Waals surface area contributed by atoms with Crippen LogP contribution in [0, 0.1) is 11.6 Å². The van der Waals surface area contributed by atoms with Crippen LogP contribution in [0.4, 0.5) is 20.3 Å². The van der Waals surface area contributed by atoms with Crippen LogP contribution in [0.25, 0.3) is 0 Å². The van der Waals surface area contributed by atoms with Crippen molar-refractivity contribution in [3.8, 4) is 0 Å². The molecular weight excluding hydrogens is 362 g/mol. The first-order valence-electron chi connectivity index (χ1n) is 8.83. The van der Waals surface area contributed by atoms with Gasteiger partial charge in [0.05, 0.1) is 12.4 Å². The SMILES string of the molecule is CC(C)N(Cc1ccccc1)C(=O)c1cnc(Nc2ccc(F)c(F)c2)cn1. The molecule has 0 spiro atoms. The van der Waals surface area contributed by atoms with Crippen molar-refractivity contribution in [2.75, 3.05) is 5.32 Å². The molecule has 0 atom stereocenters. The molecule has 0 aliphatic carbocycles. The summed E-state index contributed by atoms with van der Waals surface area (Å²) in [5.41, 5.74) is 1.56. The average molecular weight is 382 g/mol. The lowest BCUT2D eigenvalue weighted by Crippen LogP contribution is -2.36. The first kappa shape index (κ1) is 19.4. The van der Waals surface area contributed by atoms with Gasteiger partial charge in [-0.05, 0) is 31.5 Å². The van der Waals surface area contributed by atoms with E-state index in [1.807, 2.05) is 44.2 Å². The highest BCUT2D eigenvalue weighted by atomic mass is 19.2. The van der Waals surface area contributed by atoms with Gasteiger partial charge in [0.2, 0.25) is 0 Å². The normalized spacial score (nSPS) is 10.8. The maximum Gasteiger partial charge on any atom is 0.274 e. The topological polar surface area (TPSA) is 58.1 Å². The minimum absolute atomic E-state index is 0.0190. The van der Waals surface area contributed by atoms with Gasteiger partial charge in [-0.25, -0.2) is 18.7 Å². The Labute approximate surface area is 162 Å². The van der Waals surface area contributed by atoms with Crippen LogP contribution < -0.4 is 5.32 Å². The summed E-state index contributed by atoms with van der Waals surface area (Å²) in [6.07, 6.45) is 2.75. The van der Waals surface area contributed by atoms with Crippen LogP contribution in [0.5, 0.6) is 0 Å². The molecule has 0 radical (unpaired) electrons. The van der Waals surface area contributed by atoms with Crippen molar-refractivity contribution in [3.63, 3.8) is 0 Å². The highest BCUT2D eigenvalue weighted by Crippen LogP contribution is 2.18. The first-order chi connectivity index (χ1) is 13.4. The molecule has 1 heterocycles. The van der Waals surface area contributed by atoms with Crippen molar-refractivity contribution in [3.05, 3.63) is 83.8 Å². The molecule has 0 bridgehead atoms.